The molecular formula is C19H26N4O5. The maximum Gasteiger partial charge on any atom is 0.334 e. The number of benzene rings is 1. The van der Waals surface area contributed by atoms with Gasteiger partial charge in [0.05, 0.1) is 0 Å². The van der Waals surface area contributed by atoms with E-state index in [4.69, 9.17) is 26.7 Å². The van der Waals surface area contributed by atoms with Crippen LogP contribution in [0.4, 0.5) is 0 Å². The summed E-state index contributed by atoms with van der Waals surface area (Å²) in [5.41, 5.74) is 18.9. The lowest BCUT2D eigenvalue weighted by Gasteiger charge is -2.17. The lowest BCUT2D eigenvalue weighted by atomic mass is 10.1. The van der Waals surface area contributed by atoms with Gasteiger partial charge in [0.25, 0.3) is 0 Å². The van der Waals surface area contributed by atoms with E-state index in [9.17, 15) is 14.4 Å². The number of nitrogens with two attached hydrogens (primary N) is 3. The fourth-order valence-electron chi connectivity index (χ4n) is 2.48. The van der Waals surface area contributed by atoms with Crippen molar-refractivity contribution in [2.45, 2.75) is 38.4 Å². The summed E-state index contributed by atoms with van der Waals surface area (Å²) < 4.78 is 9.60. The predicted octanol–water partition coefficient (Wildman–Crippen LogP) is -0.0387. The van der Waals surface area contributed by atoms with Gasteiger partial charge in [-0.15, -0.1) is 0 Å². The van der Waals surface area contributed by atoms with Crippen molar-refractivity contribution in [2.75, 3.05) is 6.61 Å². The Kier molecular flexibility index (Phi) is 7.27. The predicted molar refractivity (Wildman–Crippen MR) is 103 cm³/mol. The Hall–Kier alpha value is -2.75. The van der Waals surface area contributed by atoms with Gasteiger partial charge in [-0.05, 0) is 17.5 Å². The molecule has 0 spiro atoms. The van der Waals surface area contributed by atoms with Crippen molar-refractivity contribution >= 4 is 28.8 Å². The summed E-state index contributed by atoms with van der Waals surface area (Å²) in [4.78, 5) is 38.8. The van der Waals surface area contributed by atoms with Gasteiger partial charge in [0, 0.05) is 23.5 Å². The molecule has 9 nitrogen and oxygen atoms in total. The largest absolute Gasteiger partial charge is 0.462 e. The SMILES string of the molecule is CC(C)[C@H](N)C(=O)OC[C@H](N)C(=O)OC(=O)[C@@H](N)Cc1c[nH]c2ccccc12. The molecule has 3 atom stereocenters. The number of ether oxygens (including phenoxy) is 2. The number of nitrogens with one attached hydrogen (secondary N) is 1. The number of aromatic amines is 1. The molecule has 28 heavy (non-hydrogen) atoms. The van der Waals surface area contributed by atoms with Gasteiger partial charge >= 0.3 is 17.9 Å². The van der Waals surface area contributed by atoms with Crippen molar-refractivity contribution < 1.29 is 23.9 Å². The van der Waals surface area contributed by atoms with E-state index in [0.717, 1.165) is 16.5 Å². The minimum absolute atomic E-state index is 0.125. The van der Waals surface area contributed by atoms with Gasteiger partial charge in [0.15, 0.2) is 0 Å². The first kappa shape index (κ1) is 21.5. The van der Waals surface area contributed by atoms with Gasteiger partial charge in [-0.1, -0.05) is 32.0 Å². The Morgan fingerprint density at radius 1 is 1.00 bits per heavy atom. The van der Waals surface area contributed by atoms with Crippen molar-refractivity contribution in [2.24, 2.45) is 23.1 Å². The second-order valence-electron chi connectivity index (χ2n) is 6.92. The van der Waals surface area contributed by atoms with Crippen LogP contribution in [-0.2, 0) is 30.3 Å². The van der Waals surface area contributed by atoms with Gasteiger partial charge in [0.1, 0.15) is 24.7 Å². The summed E-state index contributed by atoms with van der Waals surface area (Å²) in [5, 5.41) is 0.933. The standard InChI is InChI=1S/C19H26N4O5/c1-10(2)16(22)19(26)27-9-14(21)18(25)28-17(24)13(20)7-11-8-23-15-6-4-3-5-12(11)15/h3-6,8,10,13-14,16,23H,7,9,20-22H2,1-2H3/t13-,14-,16-/m0/s1. The van der Waals surface area contributed by atoms with Gasteiger partial charge in [-0.25, -0.2) is 9.59 Å². The van der Waals surface area contributed by atoms with Crippen molar-refractivity contribution in [1.29, 1.82) is 0 Å². The average molecular weight is 390 g/mol. The Bertz CT molecular complexity index is 848. The van der Waals surface area contributed by atoms with Gasteiger partial charge < -0.3 is 31.7 Å². The monoisotopic (exact) mass is 390 g/mol. The van der Waals surface area contributed by atoms with Crippen LogP contribution in [0.25, 0.3) is 10.9 Å². The van der Waals surface area contributed by atoms with Crippen LogP contribution >= 0.6 is 0 Å². The van der Waals surface area contributed by atoms with Crippen LogP contribution in [0, 0.1) is 5.92 Å². The fraction of sp³-hybridized carbons (Fsp3) is 0.421. The molecule has 0 saturated heterocycles. The number of esters is 3. The van der Waals surface area contributed by atoms with E-state index in [0.29, 0.717) is 0 Å². The van der Waals surface area contributed by atoms with Crippen LogP contribution in [0.2, 0.25) is 0 Å². The first-order chi connectivity index (χ1) is 13.2. The second-order valence-corrected chi connectivity index (χ2v) is 6.92. The Balaban J connectivity index is 1.85. The highest BCUT2D eigenvalue weighted by Gasteiger charge is 2.26. The molecule has 0 aliphatic carbocycles. The van der Waals surface area contributed by atoms with Crippen LogP contribution in [0.5, 0.6) is 0 Å². The smallest absolute Gasteiger partial charge is 0.334 e. The third-order valence-corrected chi connectivity index (χ3v) is 4.32. The molecule has 0 saturated carbocycles. The second kappa shape index (κ2) is 9.45. The van der Waals surface area contributed by atoms with Crippen molar-refractivity contribution in [3.05, 3.63) is 36.0 Å². The normalized spacial score (nSPS) is 14.5. The Labute approximate surface area is 162 Å². The number of rotatable bonds is 8. The molecule has 0 aliphatic heterocycles. The van der Waals surface area contributed by atoms with Crippen LogP contribution < -0.4 is 17.2 Å². The average Bonchev–Trinajstić information content (AvgIpc) is 3.07. The molecule has 0 aliphatic rings. The van der Waals surface area contributed by atoms with E-state index >= 15 is 0 Å². The van der Waals surface area contributed by atoms with E-state index in [1.54, 1.807) is 20.0 Å². The molecule has 0 unspecified atom stereocenters. The van der Waals surface area contributed by atoms with Gasteiger partial charge in [0.2, 0.25) is 0 Å². The molecule has 152 valence electrons. The van der Waals surface area contributed by atoms with Crippen molar-refractivity contribution in [3.63, 3.8) is 0 Å². The van der Waals surface area contributed by atoms with E-state index in [2.05, 4.69) is 4.98 Å². The van der Waals surface area contributed by atoms with Gasteiger partial charge in [-0.2, -0.15) is 0 Å². The zero-order valence-electron chi connectivity index (χ0n) is 15.9. The summed E-state index contributed by atoms with van der Waals surface area (Å²) in [6.07, 6.45) is 1.94. The summed E-state index contributed by atoms with van der Waals surface area (Å²) in [5.74, 6) is -2.73. The zero-order valence-corrected chi connectivity index (χ0v) is 15.9. The van der Waals surface area contributed by atoms with E-state index in [1.807, 2.05) is 24.3 Å². The molecule has 2 aromatic rings. The Morgan fingerprint density at radius 3 is 2.32 bits per heavy atom. The zero-order chi connectivity index (χ0) is 20.8. The quantitative estimate of drug-likeness (QED) is 0.360. The van der Waals surface area contributed by atoms with Crippen LogP contribution in [0.1, 0.15) is 19.4 Å². The molecule has 0 fully saturated rings. The maximum atomic E-state index is 12.1. The molecule has 2 rings (SSSR count). The van der Waals surface area contributed by atoms with E-state index in [-0.39, 0.29) is 12.3 Å². The molecule has 9 heteroatoms. The lowest BCUT2D eigenvalue weighted by molar-refractivity contribution is -0.163. The molecular weight excluding hydrogens is 364 g/mol. The fourth-order valence-corrected chi connectivity index (χ4v) is 2.48. The van der Waals surface area contributed by atoms with E-state index in [1.165, 1.54) is 0 Å². The van der Waals surface area contributed by atoms with Crippen LogP contribution in [0.3, 0.4) is 0 Å². The highest BCUT2D eigenvalue weighted by atomic mass is 16.6. The number of fused-ring (bicyclic) bond motifs is 1. The summed E-state index contributed by atoms with van der Waals surface area (Å²) >= 11 is 0. The first-order valence-electron chi connectivity index (χ1n) is 8.94. The molecule has 1 aromatic heterocycles. The maximum absolute atomic E-state index is 12.1. The van der Waals surface area contributed by atoms with Gasteiger partial charge in [-0.3, -0.25) is 4.79 Å². The lowest BCUT2D eigenvalue weighted by Crippen LogP contribution is -2.44. The third-order valence-electron chi connectivity index (χ3n) is 4.32. The Morgan fingerprint density at radius 2 is 1.64 bits per heavy atom. The highest BCUT2D eigenvalue weighted by molar-refractivity contribution is 5.91. The molecule has 0 amide bonds. The van der Waals surface area contributed by atoms with Crippen molar-refractivity contribution in [3.8, 4) is 0 Å². The molecule has 7 N–H and O–H groups in total. The highest BCUT2D eigenvalue weighted by Crippen LogP contribution is 2.19. The number of carbonyl (C=O) groups is 3. The summed E-state index contributed by atoms with van der Waals surface area (Å²) in [6, 6.07) is 4.37. The molecule has 0 radical (unpaired) electrons. The van der Waals surface area contributed by atoms with Crippen LogP contribution in [-0.4, -0.2) is 47.6 Å². The summed E-state index contributed by atoms with van der Waals surface area (Å²) in [6.45, 7) is 3.07. The number of hydrogen-bond acceptors (Lipinski definition) is 8. The van der Waals surface area contributed by atoms with E-state index < -0.39 is 42.6 Å². The number of hydrogen-bond donors (Lipinski definition) is 4. The molecule has 0 bridgehead atoms. The number of para-hydroxylation sites is 1. The third kappa shape index (κ3) is 5.38. The van der Waals surface area contributed by atoms with Crippen molar-refractivity contribution in [1.82, 2.24) is 4.98 Å². The minimum Gasteiger partial charge on any atom is -0.462 e. The molecule has 1 aromatic carbocycles. The first-order valence-corrected chi connectivity index (χ1v) is 8.94. The minimum atomic E-state index is -1.31. The number of aromatic nitrogens is 1. The van der Waals surface area contributed by atoms with Crippen LogP contribution in [0.15, 0.2) is 30.5 Å². The molecule has 1 heterocycles. The summed E-state index contributed by atoms with van der Waals surface area (Å²) in [7, 11) is 0. The number of carbonyl (C=O) groups excluding carboxylic acids is 3. The topological polar surface area (TPSA) is 164 Å². The number of H-pyrrole nitrogens is 1.